The molecule has 0 amide bonds. The van der Waals surface area contributed by atoms with Gasteiger partial charge in [0.2, 0.25) is 11.8 Å². The van der Waals surface area contributed by atoms with Crippen molar-refractivity contribution in [2.24, 2.45) is 5.84 Å². The topological polar surface area (TPSA) is 82.3 Å². The van der Waals surface area contributed by atoms with E-state index in [1.807, 2.05) is 0 Å². The highest BCUT2D eigenvalue weighted by molar-refractivity contribution is 5.35. The maximum atomic E-state index is 13.7. The summed E-state index contributed by atoms with van der Waals surface area (Å²) in [4.78, 5) is 8.39. The van der Waals surface area contributed by atoms with E-state index in [0.717, 1.165) is 0 Å². The van der Waals surface area contributed by atoms with Gasteiger partial charge in [0, 0.05) is 0 Å². The third-order valence-electron chi connectivity index (χ3n) is 3.12. The van der Waals surface area contributed by atoms with Gasteiger partial charge in [-0.05, 0) is 24.1 Å². The molecule has 21 heavy (non-hydrogen) atoms. The number of aromatic nitrogens is 2. The monoisotopic (exact) mass is 292 g/mol. The Balaban J connectivity index is 2.47. The van der Waals surface area contributed by atoms with Crippen molar-refractivity contribution in [3.8, 4) is 11.8 Å². The third-order valence-corrected chi connectivity index (χ3v) is 3.12. The van der Waals surface area contributed by atoms with Crippen LogP contribution in [0, 0.1) is 12.7 Å². The summed E-state index contributed by atoms with van der Waals surface area (Å²) in [5, 5.41) is 0. The molecule has 6 nitrogen and oxygen atoms in total. The molecule has 112 valence electrons. The number of rotatable bonds is 5. The van der Waals surface area contributed by atoms with Crippen LogP contribution in [0.1, 0.15) is 22.9 Å². The van der Waals surface area contributed by atoms with Crippen molar-refractivity contribution in [1.82, 2.24) is 15.4 Å². The van der Waals surface area contributed by atoms with E-state index < -0.39 is 6.04 Å². The van der Waals surface area contributed by atoms with Crippen LogP contribution in [0.2, 0.25) is 0 Å². The van der Waals surface area contributed by atoms with Gasteiger partial charge >= 0.3 is 0 Å². The van der Waals surface area contributed by atoms with Crippen LogP contribution in [-0.4, -0.2) is 24.2 Å². The van der Waals surface area contributed by atoms with Crippen molar-refractivity contribution in [1.29, 1.82) is 0 Å². The molecule has 0 saturated heterocycles. The van der Waals surface area contributed by atoms with Crippen LogP contribution in [-0.2, 0) is 0 Å². The number of halogens is 1. The van der Waals surface area contributed by atoms with Gasteiger partial charge in [0.15, 0.2) is 0 Å². The highest BCUT2D eigenvalue weighted by atomic mass is 19.1. The van der Waals surface area contributed by atoms with E-state index >= 15 is 0 Å². The molecule has 0 fully saturated rings. The molecule has 1 heterocycles. The molecule has 0 saturated carbocycles. The third kappa shape index (κ3) is 3.09. The Labute approximate surface area is 122 Å². The van der Waals surface area contributed by atoms with Crippen LogP contribution in [0.3, 0.4) is 0 Å². The van der Waals surface area contributed by atoms with Gasteiger partial charge in [0.1, 0.15) is 11.5 Å². The molecule has 1 aromatic carbocycles. The summed E-state index contributed by atoms with van der Waals surface area (Å²) in [6.45, 7) is 1.69. The Morgan fingerprint density at radius 1 is 1.29 bits per heavy atom. The number of benzene rings is 1. The highest BCUT2D eigenvalue weighted by Crippen LogP contribution is 2.28. The Bertz CT molecular complexity index is 636. The first-order valence-electron chi connectivity index (χ1n) is 6.27. The lowest BCUT2D eigenvalue weighted by molar-refractivity contribution is 0.352. The van der Waals surface area contributed by atoms with E-state index in [2.05, 4.69) is 15.4 Å². The van der Waals surface area contributed by atoms with Crippen LogP contribution in [0.5, 0.6) is 11.8 Å². The summed E-state index contributed by atoms with van der Waals surface area (Å²) in [6.07, 6.45) is 1.45. The second kappa shape index (κ2) is 6.47. The zero-order valence-corrected chi connectivity index (χ0v) is 12.1. The molecule has 1 aromatic heterocycles. The van der Waals surface area contributed by atoms with E-state index in [1.165, 1.54) is 26.5 Å². The molecule has 2 aromatic rings. The molecule has 7 heteroatoms. The van der Waals surface area contributed by atoms with Crippen molar-refractivity contribution >= 4 is 0 Å². The molecular formula is C14H17FN4O2. The predicted octanol–water partition coefficient (Wildman–Crippen LogP) is 1.49. The maximum Gasteiger partial charge on any atom is 0.240 e. The number of nitrogens with one attached hydrogen (secondary N) is 1. The average molecular weight is 292 g/mol. The average Bonchev–Trinajstić information content (AvgIpc) is 2.51. The van der Waals surface area contributed by atoms with Gasteiger partial charge in [-0.15, -0.1) is 0 Å². The molecule has 3 N–H and O–H groups in total. The molecule has 0 spiro atoms. The summed E-state index contributed by atoms with van der Waals surface area (Å²) in [5.41, 5.74) is 4.23. The summed E-state index contributed by atoms with van der Waals surface area (Å²) in [5.74, 6) is 5.86. The minimum Gasteiger partial charge on any atom is -0.480 e. The largest absolute Gasteiger partial charge is 0.480 e. The molecule has 1 unspecified atom stereocenters. The molecule has 0 aliphatic carbocycles. The number of aryl methyl sites for hydroxylation is 1. The molecule has 1 atom stereocenters. The second-order valence-corrected chi connectivity index (χ2v) is 4.42. The zero-order chi connectivity index (χ0) is 15.4. The van der Waals surface area contributed by atoms with Crippen LogP contribution in [0.4, 0.5) is 4.39 Å². The quantitative estimate of drug-likeness (QED) is 0.642. The van der Waals surface area contributed by atoms with Gasteiger partial charge in [-0.2, -0.15) is 4.98 Å². The van der Waals surface area contributed by atoms with Crippen LogP contribution in [0.15, 0.2) is 24.4 Å². The number of hydrogen-bond donors (Lipinski definition) is 2. The Hall–Kier alpha value is -2.25. The van der Waals surface area contributed by atoms with Gasteiger partial charge in [-0.1, -0.05) is 12.1 Å². The van der Waals surface area contributed by atoms with E-state index in [4.69, 9.17) is 15.3 Å². The highest BCUT2D eigenvalue weighted by Gasteiger charge is 2.21. The van der Waals surface area contributed by atoms with Crippen LogP contribution in [0.25, 0.3) is 0 Å². The molecular weight excluding hydrogens is 275 g/mol. The number of nitrogens with two attached hydrogens (primary N) is 1. The number of hydrogen-bond acceptors (Lipinski definition) is 6. The number of hydrazine groups is 1. The summed E-state index contributed by atoms with van der Waals surface area (Å²) in [7, 11) is 2.95. The standard InChI is InChI=1S/C14H17FN4O2/c1-8-4-5-9(6-10(8)15)12(19-16)13-14(21-3)18-11(20-2)7-17-13/h4-7,12,19H,16H2,1-3H3. The summed E-state index contributed by atoms with van der Waals surface area (Å²) < 4.78 is 23.9. The van der Waals surface area contributed by atoms with Gasteiger partial charge in [-0.25, -0.2) is 14.8 Å². The summed E-state index contributed by atoms with van der Waals surface area (Å²) in [6, 6.07) is 4.31. The summed E-state index contributed by atoms with van der Waals surface area (Å²) >= 11 is 0. The molecule has 0 bridgehead atoms. The number of methoxy groups -OCH3 is 2. The fourth-order valence-electron chi connectivity index (χ4n) is 1.93. The van der Waals surface area contributed by atoms with Crippen molar-refractivity contribution in [2.75, 3.05) is 14.2 Å². The first-order valence-corrected chi connectivity index (χ1v) is 6.27. The molecule has 0 radical (unpaired) electrons. The van der Waals surface area contributed by atoms with Crippen molar-refractivity contribution < 1.29 is 13.9 Å². The maximum absolute atomic E-state index is 13.7. The van der Waals surface area contributed by atoms with Crippen molar-refractivity contribution in [3.05, 3.63) is 47.0 Å². The lowest BCUT2D eigenvalue weighted by atomic mass is 10.0. The second-order valence-electron chi connectivity index (χ2n) is 4.42. The van der Waals surface area contributed by atoms with Gasteiger partial charge in [0.25, 0.3) is 0 Å². The molecule has 0 aliphatic heterocycles. The fourth-order valence-corrected chi connectivity index (χ4v) is 1.93. The van der Waals surface area contributed by atoms with E-state index in [0.29, 0.717) is 22.7 Å². The van der Waals surface area contributed by atoms with Gasteiger partial charge in [0.05, 0.1) is 26.5 Å². The van der Waals surface area contributed by atoms with E-state index in [-0.39, 0.29) is 11.7 Å². The SMILES string of the molecule is COc1cnc(C(NN)c2ccc(C)c(F)c2)c(OC)n1. The Kier molecular flexibility index (Phi) is 4.66. The Morgan fingerprint density at radius 2 is 2.05 bits per heavy atom. The van der Waals surface area contributed by atoms with Gasteiger partial charge in [-0.3, -0.25) is 5.84 Å². The van der Waals surface area contributed by atoms with E-state index in [9.17, 15) is 4.39 Å². The van der Waals surface area contributed by atoms with E-state index in [1.54, 1.807) is 19.1 Å². The predicted molar refractivity (Wildman–Crippen MR) is 75.4 cm³/mol. The zero-order valence-electron chi connectivity index (χ0n) is 12.1. The Morgan fingerprint density at radius 3 is 2.62 bits per heavy atom. The molecule has 0 aliphatic rings. The first-order chi connectivity index (χ1) is 10.1. The number of ether oxygens (including phenoxy) is 2. The minimum absolute atomic E-state index is 0.262. The van der Waals surface area contributed by atoms with Crippen molar-refractivity contribution in [2.45, 2.75) is 13.0 Å². The number of nitrogens with zero attached hydrogens (tertiary/aromatic N) is 2. The fraction of sp³-hybridized carbons (Fsp3) is 0.286. The first kappa shape index (κ1) is 15.1. The lowest BCUT2D eigenvalue weighted by Crippen LogP contribution is -2.30. The molecule has 2 rings (SSSR count). The van der Waals surface area contributed by atoms with Gasteiger partial charge < -0.3 is 9.47 Å². The smallest absolute Gasteiger partial charge is 0.240 e. The van der Waals surface area contributed by atoms with Crippen LogP contribution >= 0.6 is 0 Å². The lowest BCUT2D eigenvalue weighted by Gasteiger charge is -2.18. The van der Waals surface area contributed by atoms with Crippen molar-refractivity contribution in [3.63, 3.8) is 0 Å². The van der Waals surface area contributed by atoms with Crippen LogP contribution < -0.4 is 20.7 Å². The normalized spacial score (nSPS) is 12.0. The minimum atomic E-state index is -0.548.